The van der Waals surface area contributed by atoms with E-state index in [4.69, 9.17) is 4.74 Å². The van der Waals surface area contributed by atoms with Gasteiger partial charge in [-0.05, 0) is 58.2 Å². The largest absolute Gasteiger partial charge is 0.493 e. The summed E-state index contributed by atoms with van der Waals surface area (Å²) in [6.07, 6.45) is 9.60. The summed E-state index contributed by atoms with van der Waals surface area (Å²) in [5, 5.41) is 13.1. The molecule has 0 fully saturated rings. The van der Waals surface area contributed by atoms with Crippen molar-refractivity contribution in [3.63, 3.8) is 0 Å². The molecular formula is C38H31NO3. The molecule has 42 heavy (non-hydrogen) atoms. The number of benzene rings is 5. The summed E-state index contributed by atoms with van der Waals surface area (Å²) < 4.78 is 6.12. The Morgan fingerprint density at radius 1 is 0.690 bits per heavy atom. The Morgan fingerprint density at radius 2 is 1.33 bits per heavy atom. The summed E-state index contributed by atoms with van der Waals surface area (Å²) in [6, 6.07) is 38.7. The lowest BCUT2D eigenvalue weighted by Gasteiger charge is -2.09. The molecule has 6 rings (SSSR count). The van der Waals surface area contributed by atoms with E-state index in [1.807, 2.05) is 72.8 Å². The van der Waals surface area contributed by atoms with Crippen molar-refractivity contribution in [1.29, 1.82) is 0 Å². The van der Waals surface area contributed by atoms with E-state index in [0.29, 0.717) is 19.4 Å². The molecule has 0 bridgehead atoms. The third-order valence-electron chi connectivity index (χ3n) is 7.40. The highest BCUT2D eigenvalue weighted by atomic mass is 16.5. The SMILES string of the molecule is O=C(O)c1[nH]c2c(C=Cc3cccc(/C=C/c4ccccc4)c3)cccc2c1CCCOc1cccc2ccccc12. The first kappa shape index (κ1) is 26.9. The molecular weight excluding hydrogens is 518 g/mol. The molecule has 206 valence electrons. The van der Waals surface area contributed by atoms with Gasteiger partial charge in [0.15, 0.2) is 0 Å². The van der Waals surface area contributed by atoms with E-state index in [1.165, 1.54) is 0 Å². The average molecular weight is 550 g/mol. The van der Waals surface area contributed by atoms with Gasteiger partial charge in [-0.15, -0.1) is 0 Å². The fourth-order valence-corrected chi connectivity index (χ4v) is 5.34. The van der Waals surface area contributed by atoms with Crippen molar-refractivity contribution >= 4 is 51.9 Å². The highest BCUT2D eigenvalue weighted by Gasteiger charge is 2.18. The summed E-state index contributed by atoms with van der Waals surface area (Å²) in [5.74, 6) is -0.110. The molecule has 0 unspecified atom stereocenters. The standard InChI is InChI=1S/C38H31NO3/c40-38(41)37-34(19-9-25-42-35-20-8-15-30-14-4-5-17-32(30)35)33-18-7-16-31(36(33)39-37)24-23-29-13-6-12-28(26-29)22-21-27-10-2-1-3-11-27/h1-8,10-18,20-24,26,39H,9,19,25H2,(H,40,41)/b22-21+,24-23?. The molecule has 5 aromatic carbocycles. The Hall–Kier alpha value is -5.35. The van der Waals surface area contributed by atoms with E-state index in [-0.39, 0.29) is 5.69 Å². The minimum Gasteiger partial charge on any atom is -0.493 e. The van der Waals surface area contributed by atoms with E-state index in [0.717, 1.165) is 55.2 Å². The summed E-state index contributed by atoms with van der Waals surface area (Å²) in [7, 11) is 0. The molecule has 0 aliphatic carbocycles. The third kappa shape index (κ3) is 6.03. The molecule has 4 heteroatoms. The van der Waals surface area contributed by atoms with E-state index in [9.17, 15) is 9.90 Å². The predicted octanol–water partition coefficient (Wildman–Crippen LogP) is 9.37. The van der Waals surface area contributed by atoms with Gasteiger partial charge in [-0.25, -0.2) is 4.79 Å². The summed E-state index contributed by atoms with van der Waals surface area (Å²) in [4.78, 5) is 15.4. The molecule has 0 radical (unpaired) electrons. The number of rotatable bonds is 10. The van der Waals surface area contributed by atoms with Crippen molar-refractivity contribution in [2.24, 2.45) is 0 Å². The molecule has 0 atom stereocenters. The first-order chi connectivity index (χ1) is 20.7. The first-order valence-electron chi connectivity index (χ1n) is 14.1. The number of nitrogens with one attached hydrogen (secondary N) is 1. The van der Waals surface area contributed by atoms with Gasteiger partial charge in [0, 0.05) is 10.8 Å². The monoisotopic (exact) mass is 549 g/mol. The number of H-pyrrole nitrogens is 1. The minimum atomic E-state index is -0.955. The number of carbonyl (C=O) groups is 1. The van der Waals surface area contributed by atoms with Crippen molar-refractivity contribution in [3.8, 4) is 5.75 Å². The molecule has 0 spiro atoms. The second kappa shape index (κ2) is 12.4. The van der Waals surface area contributed by atoms with E-state index < -0.39 is 5.97 Å². The zero-order valence-corrected chi connectivity index (χ0v) is 23.2. The van der Waals surface area contributed by atoms with Gasteiger partial charge in [0.25, 0.3) is 0 Å². The number of hydrogen-bond acceptors (Lipinski definition) is 2. The molecule has 0 aliphatic heterocycles. The van der Waals surface area contributed by atoms with Gasteiger partial charge in [-0.3, -0.25) is 0 Å². The normalized spacial score (nSPS) is 11.6. The number of carboxylic acid groups (broad SMARTS) is 1. The smallest absolute Gasteiger partial charge is 0.352 e. The number of ether oxygens (including phenoxy) is 1. The number of carboxylic acids is 1. The van der Waals surface area contributed by atoms with Crippen LogP contribution in [0.2, 0.25) is 0 Å². The fourth-order valence-electron chi connectivity index (χ4n) is 5.34. The van der Waals surface area contributed by atoms with Crippen LogP contribution in [-0.2, 0) is 6.42 Å². The van der Waals surface area contributed by atoms with Crippen molar-refractivity contribution in [3.05, 3.63) is 149 Å². The molecule has 0 amide bonds. The fraction of sp³-hybridized carbons (Fsp3) is 0.0789. The summed E-state index contributed by atoms with van der Waals surface area (Å²) in [6.45, 7) is 0.494. The molecule has 1 aromatic heterocycles. The van der Waals surface area contributed by atoms with Crippen LogP contribution in [0, 0.1) is 0 Å². The minimum absolute atomic E-state index is 0.240. The van der Waals surface area contributed by atoms with Crippen molar-refractivity contribution in [2.75, 3.05) is 6.61 Å². The highest BCUT2D eigenvalue weighted by molar-refractivity contribution is 6.01. The molecule has 0 aliphatic rings. The van der Waals surface area contributed by atoms with Gasteiger partial charge in [-0.1, -0.05) is 127 Å². The van der Waals surface area contributed by atoms with Crippen LogP contribution in [0.4, 0.5) is 0 Å². The van der Waals surface area contributed by atoms with Crippen LogP contribution in [-0.4, -0.2) is 22.7 Å². The number of aromatic amines is 1. The molecule has 0 saturated carbocycles. The Morgan fingerprint density at radius 3 is 2.17 bits per heavy atom. The number of aromatic nitrogens is 1. The first-order valence-corrected chi connectivity index (χ1v) is 14.1. The van der Waals surface area contributed by atoms with Crippen LogP contribution in [0.1, 0.15) is 44.7 Å². The second-order valence-electron chi connectivity index (χ2n) is 10.2. The average Bonchev–Trinajstić information content (AvgIpc) is 3.41. The number of aromatic carboxylic acids is 1. The molecule has 1 heterocycles. The van der Waals surface area contributed by atoms with Crippen LogP contribution >= 0.6 is 0 Å². The lowest BCUT2D eigenvalue weighted by atomic mass is 10.0. The Kier molecular flexibility index (Phi) is 7.96. The number of aryl methyl sites for hydroxylation is 1. The maximum Gasteiger partial charge on any atom is 0.352 e. The molecule has 6 aromatic rings. The van der Waals surface area contributed by atoms with E-state index in [1.54, 1.807) is 0 Å². The van der Waals surface area contributed by atoms with Crippen LogP contribution in [0.25, 0.3) is 46.0 Å². The molecule has 2 N–H and O–H groups in total. The number of para-hydroxylation sites is 1. The molecule has 4 nitrogen and oxygen atoms in total. The van der Waals surface area contributed by atoms with Gasteiger partial charge in [0.1, 0.15) is 11.4 Å². The van der Waals surface area contributed by atoms with Gasteiger partial charge in [-0.2, -0.15) is 0 Å². The van der Waals surface area contributed by atoms with Gasteiger partial charge >= 0.3 is 5.97 Å². The zero-order valence-electron chi connectivity index (χ0n) is 23.2. The topological polar surface area (TPSA) is 62.3 Å². The van der Waals surface area contributed by atoms with Crippen LogP contribution in [0.5, 0.6) is 5.75 Å². The van der Waals surface area contributed by atoms with Crippen molar-refractivity contribution in [1.82, 2.24) is 4.98 Å². The maximum atomic E-state index is 12.2. The summed E-state index contributed by atoms with van der Waals surface area (Å²) >= 11 is 0. The van der Waals surface area contributed by atoms with Crippen LogP contribution < -0.4 is 4.74 Å². The van der Waals surface area contributed by atoms with Crippen LogP contribution in [0.15, 0.2) is 115 Å². The summed E-state index contributed by atoms with van der Waals surface area (Å²) in [5.41, 5.74) is 6.15. The van der Waals surface area contributed by atoms with Gasteiger partial charge in [0.2, 0.25) is 0 Å². The quantitative estimate of drug-likeness (QED) is 0.132. The van der Waals surface area contributed by atoms with E-state index >= 15 is 0 Å². The lowest BCUT2D eigenvalue weighted by molar-refractivity contribution is 0.0690. The van der Waals surface area contributed by atoms with Crippen LogP contribution in [0.3, 0.4) is 0 Å². The lowest BCUT2D eigenvalue weighted by Crippen LogP contribution is -2.04. The Balaban J connectivity index is 1.19. The van der Waals surface area contributed by atoms with Gasteiger partial charge in [0.05, 0.1) is 12.1 Å². The Labute approximate surface area is 245 Å². The van der Waals surface area contributed by atoms with E-state index in [2.05, 4.69) is 71.7 Å². The highest BCUT2D eigenvalue weighted by Crippen LogP contribution is 2.29. The van der Waals surface area contributed by atoms with Crippen molar-refractivity contribution in [2.45, 2.75) is 12.8 Å². The maximum absolute atomic E-state index is 12.2. The Bertz CT molecular complexity index is 1910. The number of fused-ring (bicyclic) bond motifs is 2. The predicted molar refractivity (Wildman–Crippen MR) is 174 cm³/mol. The van der Waals surface area contributed by atoms with Gasteiger partial charge < -0.3 is 14.8 Å². The third-order valence-corrected chi connectivity index (χ3v) is 7.40. The number of hydrogen-bond donors (Lipinski definition) is 2. The van der Waals surface area contributed by atoms with Crippen molar-refractivity contribution < 1.29 is 14.6 Å². The zero-order chi connectivity index (χ0) is 28.7. The molecule has 0 saturated heterocycles. The second-order valence-corrected chi connectivity index (χ2v) is 10.2.